The first-order valence-electron chi connectivity index (χ1n) is 12.6. The van der Waals surface area contributed by atoms with Crippen LogP contribution in [0.1, 0.15) is 49.3 Å². The van der Waals surface area contributed by atoms with Gasteiger partial charge in [-0.25, -0.2) is 0 Å². The van der Waals surface area contributed by atoms with E-state index in [1.54, 1.807) is 17.1 Å². The lowest BCUT2D eigenvalue weighted by Crippen LogP contribution is -2.39. The molecule has 0 saturated heterocycles. The van der Waals surface area contributed by atoms with Gasteiger partial charge < -0.3 is 20.1 Å². The minimum atomic E-state index is -0.648. The number of allylic oxidation sites excluding steroid dienone is 2. The summed E-state index contributed by atoms with van der Waals surface area (Å²) in [6, 6.07) is 18.7. The number of rotatable bonds is 17. The number of carbonyl (C=O) groups is 3. The standard InChI is InChI=1S/C30H38N2O5/c1-3-5-8-18-29(35)37-27(25-16-11-7-12-17-25)22-31-30(36)26(13-4-2)21-28(34)32(19-20-33)23-24-14-9-6-10-15-24/h3-4,6-7,9-12,14-17,26-27,33H,1-2,5,8,13,18-23H2,(H,31,36)/t26-,27+/m0/s1. The van der Waals surface area contributed by atoms with E-state index in [0.29, 0.717) is 19.4 Å². The minimum absolute atomic E-state index is 0.0258. The summed E-state index contributed by atoms with van der Waals surface area (Å²) in [6.45, 7) is 7.83. The number of nitrogens with zero attached hydrogens (tertiary/aromatic N) is 1. The second kappa shape index (κ2) is 16.9. The maximum Gasteiger partial charge on any atom is 0.306 e. The molecule has 2 N–H and O–H groups in total. The molecule has 2 amide bonds. The highest BCUT2D eigenvalue weighted by atomic mass is 16.5. The van der Waals surface area contributed by atoms with E-state index in [2.05, 4.69) is 18.5 Å². The molecule has 7 nitrogen and oxygen atoms in total. The van der Waals surface area contributed by atoms with E-state index in [-0.39, 0.29) is 50.3 Å². The molecule has 0 heterocycles. The highest BCUT2D eigenvalue weighted by Crippen LogP contribution is 2.19. The summed E-state index contributed by atoms with van der Waals surface area (Å²) in [6.07, 6.45) is 4.63. The van der Waals surface area contributed by atoms with E-state index in [1.807, 2.05) is 60.7 Å². The second-order valence-corrected chi connectivity index (χ2v) is 8.77. The van der Waals surface area contributed by atoms with Gasteiger partial charge in [-0.15, -0.1) is 13.2 Å². The van der Waals surface area contributed by atoms with Gasteiger partial charge in [0.05, 0.1) is 19.1 Å². The number of nitrogens with one attached hydrogen (secondary N) is 1. The molecular weight excluding hydrogens is 468 g/mol. The summed E-state index contributed by atoms with van der Waals surface area (Å²) in [7, 11) is 0. The molecule has 0 aliphatic carbocycles. The molecule has 0 unspecified atom stereocenters. The van der Waals surface area contributed by atoms with Crippen LogP contribution in [0.3, 0.4) is 0 Å². The van der Waals surface area contributed by atoms with Crippen molar-refractivity contribution in [2.24, 2.45) is 5.92 Å². The second-order valence-electron chi connectivity index (χ2n) is 8.77. The van der Waals surface area contributed by atoms with Gasteiger partial charge in [-0.1, -0.05) is 72.8 Å². The van der Waals surface area contributed by atoms with E-state index in [4.69, 9.17) is 4.74 Å². The van der Waals surface area contributed by atoms with E-state index in [9.17, 15) is 19.5 Å². The molecule has 0 aromatic heterocycles. The summed E-state index contributed by atoms with van der Waals surface area (Å²) < 4.78 is 5.68. The van der Waals surface area contributed by atoms with Crippen LogP contribution in [0.2, 0.25) is 0 Å². The van der Waals surface area contributed by atoms with Crippen molar-refractivity contribution in [3.05, 3.63) is 97.1 Å². The number of aliphatic hydroxyl groups is 1. The van der Waals surface area contributed by atoms with Gasteiger partial charge in [0.25, 0.3) is 0 Å². The summed E-state index contributed by atoms with van der Waals surface area (Å²) >= 11 is 0. The van der Waals surface area contributed by atoms with Gasteiger partial charge in [-0.05, 0) is 30.4 Å². The van der Waals surface area contributed by atoms with Crippen LogP contribution in [-0.4, -0.2) is 47.5 Å². The molecule has 0 bridgehead atoms. The molecule has 37 heavy (non-hydrogen) atoms. The summed E-state index contributed by atoms with van der Waals surface area (Å²) in [5.74, 6) is -1.53. The average molecular weight is 507 g/mol. The zero-order valence-electron chi connectivity index (χ0n) is 21.4. The minimum Gasteiger partial charge on any atom is -0.456 e. The van der Waals surface area contributed by atoms with Gasteiger partial charge in [-0.3, -0.25) is 14.4 Å². The molecule has 0 spiro atoms. The Kier molecular flexibility index (Phi) is 13.5. The number of hydrogen-bond acceptors (Lipinski definition) is 5. The Hall–Kier alpha value is -3.71. The van der Waals surface area contributed by atoms with Crippen LogP contribution < -0.4 is 5.32 Å². The lowest BCUT2D eigenvalue weighted by molar-refractivity contribution is -0.150. The van der Waals surface area contributed by atoms with Crippen LogP contribution in [0.4, 0.5) is 0 Å². The predicted octanol–water partition coefficient (Wildman–Crippen LogP) is 4.35. The third-order valence-electron chi connectivity index (χ3n) is 5.88. The average Bonchev–Trinajstić information content (AvgIpc) is 2.91. The zero-order chi connectivity index (χ0) is 26.9. The molecule has 2 atom stereocenters. The van der Waals surface area contributed by atoms with Crippen LogP contribution >= 0.6 is 0 Å². The number of benzene rings is 2. The van der Waals surface area contributed by atoms with Crippen molar-refractivity contribution >= 4 is 17.8 Å². The summed E-state index contributed by atoms with van der Waals surface area (Å²) in [4.78, 5) is 40.1. The predicted molar refractivity (Wildman–Crippen MR) is 144 cm³/mol. The fourth-order valence-electron chi connectivity index (χ4n) is 3.88. The molecule has 198 valence electrons. The Labute approximate surface area is 219 Å². The molecule has 0 aliphatic heterocycles. The number of esters is 1. The molecule has 0 saturated carbocycles. The molecule has 2 aromatic carbocycles. The highest BCUT2D eigenvalue weighted by Gasteiger charge is 2.25. The van der Waals surface area contributed by atoms with Crippen LogP contribution in [-0.2, 0) is 25.7 Å². The Morgan fingerprint density at radius 3 is 2.30 bits per heavy atom. The Bertz CT molecular complexity index is 994. The zero-order valence-corrected chi connectivity index (χ0v) is 21.4. The fourth-order valence-corrected chi connectivity index (χ4v) is 3.88. The maximum atomic E-state index is 13.1. The summed E-state index contributed by atoms with van der Waals surface area (Å²) in [5, 5.41) is 12.3. The topological polar surface area (TPSA) is 95.9 Å². The van der Waals surface area contributed by atoms with Gasteiger partial charge in [0.1, 0.15) is 6.10 Å². The molecule has 7 heteroatoms. The first-order chi connectivity index (χ1) is 18.0. The SMILES string of the molecule is C=CCCCC(=O)O[C@H](CNC(=O)[C@@H](CC=C)CC(=O)N(CCO)Cc1ccccc1)c1ccccc1. The van der Waals surface area contributed by atoms with Crippen molar-refractivity contribution in [3.8, 4) is 0 Å². The number of unbranched alkanes of at least 4 members (excludes halogenated alkanes) is 1. The number of aliphatic hydroxyl groups excluding tert-OH is 1. The monoisotopic (exact) mass is 506 g/mol. The smallest absolute Gasteiger partial charge is 0.306 e. The van der Waals surface area contributed by atoms with Crippen molar-refractivity contribution < 1.29 is 24.2 Å². The number of ether oxygens (including phenoxy) is 1. The van der Waals surface area contributed by atoms with E-state index in [1.165, 1.54) is 0 Å². The highest BCUT2D eigenvalue weighted by molar-refractivity contribution is 5.86. The van der Waals surface area contributed by atoms with Crippen molar-refractivity contribution in [3.63, 3.8) is 0 Å². The first-order valence-corrected chi connectivity index (χ1v) is 12.6. The lowest BCUT2D eigenvalue weighted by atomic mass is 9.98. The number of amides is 2. The van der Waals surface area contributed by atoms with Crippen molar-refractivity contribution in [1.82, 2.24) is 10.2 Å². The molecule has 0 radical (unpaired) electrons. The Morgan fingerprint density at radius 1 is 1.00 bits per heavy atom. The summed E-state index contributed by atoms with van der Waals surface area (Å²) in [5.41, 5.74) is 1.71. The molecule has 0 aliphatic rings. The van der Waals surface area contributed by atoms with Crippen molar-refractivity contribution in [2.75, 3.05) is 19.7 Å². The van der Waals surface area contributed by atoms with Gasteiger partial charge in [-0.2, -0.15) is 0 Å². The van der Waals surface area contributed by atoms with Crippen molar-refractivity contribution in [2.45, 2.75) is 44.8 Å². The van der Waals surface area contributed by atoms with Crippen LogP contribution in [0.15, 0.2) is 86.0 Å². The first kappa shape index (κ1) is 29.5. The van der Waals surface area contributed by atoms with Crippen LogP contribution in [0.5, 0.6) is 0 Å². The van der Waals surface area contributed by atoms with Crippen LogP contribution in [0, 0.1) is 5.92 Å². The molecular formula is C30H38N2O5. The lowest BCUT2D eigenvalue weighted by Gasteiger charge is -2.25. The van der Waals surface area contributed by atoms with Crippen molar-refractivity contribution in [1.29, 1.82) is 0 Å². The number of carbonyl (C=O) groups excluding carboxylic acids is 3. The molecule has 2 rings (SSSR count). The number of hydrogen-bond donors (Lipinski definition) is 2. The Morgan fingerprint density at radius 2 is 1.68 bits per heavy atom. The van der Waals surface area contributed by atoms with Crippen LogP contribution in [0.25, 0.3) is 0 Å². The quantitative estimate of drug-likeness (QED) is 0.189. The van der Waals surface area contributed by atoms with Gasteiger partial charge in [0.15, 0.2) is 0 Å². The normalized spacial score (nSPS) is 12.1. The molecule has 0 fully saturated rings. The van der Waals surface area contributed by atoms with Gasteiger partial charge in [0, 0.05) is 25.9 Å². The third-order valence-corrected chi connectivity index (χ3v) is 5.88. The molecule has 2 aromatic rings. The third kappa shape index (κ3) is 10.8. The Balaban J connectivity index is 2.04. The van der Waals surface area contributed by atoms with Gasteiger partial charge >= 0.3 is 5.97 Å². The van der Waals surface area contributed by atoms with E-state index >= 15 is 0 Å². The van der Waals surface area contributed by atoms with Gasteiger partial charge in [0.2, 0.25) is 11.8 Å². The largest absolute Gasteiger partial charge is 0.456 e. The van der Waals surface area contributed by atoms with E-state index in [0.717, 1.165) is 17.5 Å². The maximum absolute atomic E-state index is 13.1. The fraction of sp³-hybridized carbons (Fsp3) is 0.367. The van der Waals surface area contributed by atoms with E-state index < -0.39 is 12.0 Å².